The number of nitrogens with two attached hydrogens (primary N) is 1. The fourth-order valence-corrected chi connectivity index (χ4v) is 4.32. The Labute approximate surface area is 184 Å². The van der Waals surface area contributed by atoms with Crippen molar-refractivity contribution in [1.29, 1.82) is 0 Å². The fourth-order valence-electron chi connectivity index (χ4n) is 3.64. The van der Waals surface area contributed by atoms with Crippen LogP contribution in [0.4, 0.5) is 10.2 Å². The maximum atomic E-state index is 13.9. The highest BCUT2D eigenvalue weighted by Crippen LogP contribution is 2.37. The maximum absolute atomic E-state index is 13.9. The van der Waals surface area contributed by atoms with Crippen molar-refractivity contribution >= 4 is 29.0 Å². The molecule has 9 heteroatoms. The molecule has 1 aliphatic rings. The van der Waals surface area contributed by atoms with E-state index in [1.54, 1.807) is 19.2 Å². The molecule has 3 N–H and O–H groups in total. The first-order valence-electron chi connectivity index (χ1n) is 9.74. The molecular weight excluding hydrogens is 428 g/mol. The van der Waals surface area contributed by atoms with Crippen LogP contribution >= 0.6 is 23.2 Å². The molecule has 0 saturated carbocycles. The third-order valence-electron chi connectivity index (χ3n) is 5.30. The van der Waals surface area contributed by atoms with E-state index in [4.69, 9.17) is 33.7 Å². The summed E-state index contributed by atoms with van der Waals surface area (Å²) < 4.78 is 22.0. The van der Waals surface area contributed by atoms with E-state index in [1.165, 1.54) is 12.1 Å². The highest BCUT2D eigenvalue weighted by Gasteiger charge is 2.21. The molecule has 158 valence electrons. The number of ether oxygens (including phenoxy) is 1. The van der Waals surface area contributed by atoms with Crippen LogP contribution in [0.3, 0.4) is 0 Å². The van der Waals surface area contributed by atoms with E-state index in [0.717, 1.165) is 37.2 Å². The molecule has 1 aromatic carbocycles. The summed E-state index contributed by atoms with van der Waals surface area (Å²) in [7, 11) is 0. The van der Waals surface area contributed by atoms with Crippen molar-refractivity contribution in [2.75, 3.05) is 18.8 Å². The summed E-state index contributed by atoms with van der Waals surface area (Å²) in [6, 6.07) is 4.87. The number of piperidine rings is 1. The van der Waals surface area contributed by atoms with Crippen LogP contribution in [0, 0.1) is 5.82 Å². The average Bonchev–Trinajstić information content (AvgIpc) is 3.24. The van der Waals surface area contributed by atoms with Crippen LogP contribution in [0.15, 0.2) is 36.9 Å². The predicted molar refractivity (Wildman–Crippen MR) is 116 cm³/mol. The lowest BCUT2D eigenvalue weighted by Gasteiger charge is -2.23. The molecule has 30 heavy (non-hydrogen) atoms. The first-order chi connectivity index (χ1) is 14.4. The lowest BCUT2D eigenvalue weighted by molar-refractivity contribution is 0.227. The van der Waals surface area contributed by atoms with Crippen LogP contribution in [0.1, 0.15) is 37.5 Å². The van der Waals surface area contributed by atoms with Gasteiger partial charge in [-0.25, -0.2) is 14.4 Å². The van der Waals surface area contributed by atoms with Crippen LogP contribution < -0.4 is 15.8 Å². The second kappa shape index (κ2) is 8.79. The van der Waals surface area contributed by atoms with Gasteiger partial charge in [0.1, 0.15) is 11.9 Å². The van der Waals surface area contributed by atoms with Crippen LogP contribution in [0.5, 0.6) is 5.75 Å². The number of anilines is 1. The number of aromatic nitrogens is 3. The molecule has 2 aromatic heterocycles. The first-order valence-corrected chi connectivity index (χ1v) is 10.5. The summed E-state index contributed by atoms with van der Waals surface area (Å²) in [5.74, 6) is 0.00895. The number of rotatable bonds is 5. The highest BCUT2D eigenvalue weighted by molar-refractivity contribution is 6.36. The normalized spacial score (nSPS) is 15.9. The van der Waals surface area contributed by atoms with E-state index in [0.29, 0.717) is 22.4 Å². The molecule has 0 aliphatic carbocycles. The molecule has 0 radical (unpaired) electrons. The Morgan fingerprint density at radius 1 is 1.27 bits per heavy atom. The highest BCUT2D eigenvalue weighted by atomic mass is 35.5. The Balaban J connectivity index is 1.58. The standard InChI is InChI=1S/C21H22Cl2FN5O/c1-12(19-15(22)2-3-16(24)20(19)23)30-18-8-13(9-27-21(18)25)17-10-29(11-28-17)14-4-6-26-7-5-14/h2-3,8-12,14,26H,4-7H2,1H3,(H2,25,27). The van der Waals surface area contributed by atoms with Crippen molar-refractivity contribution < 1.29 is 9.13 Å². The summed E-state index contributed by atoms with van der Waals surface area (Å²) >= 11 is 12.3. The Kier molecular flexibility index (Phi) is 6.13. The average molecular weight is 450 g/mol. The quantitative estimate of drug-likeness (QED) is 0.533. The van der Waals surface area contributed by atoms with Gasteiger partial charge < -0.3 is 20.4 Å². The van der Waals surface area contributed by atoms with Crippen molar-refractivity contribution in [3.8, 4) is 17.0 Å². The molecule has 0 bridgehead atoms. The smallest absolute Gasteiger partial charge is 0.166 e. The number of benzene rings is 1. The number of imidazole rings is 1. The number of pyridine rings is 1. The summed E-state index contributed by atoms with van der Waals surface area (Å²) in [5, 5.41) is 3.61. The fraction of sp³-hybridized carbons (Fsp3) is 0.333. The van der Waals surface area contributed by atoms with Gasteiger partial charge in [0.2, 0.25) is 0 Å². The molecule has 1 fully saturated rings. The minimum absolute atomic E-state index is 0.0709. The summed E-state index contributed by atoms with van der Waals surface area (Å²) in [6.07, 6.45) is 7.01. The predicted octanol–water partition coefficient (Wildman–Crippen LogP) is 5.04. The van der Waals surface area contributed by atoms with Gasteiger partial charge in [0.15, 0.2) is 11.6 Å². The van der Waals surface area contributed by atoms with Gasteiger partial charge in [-0.05, 0) is 51.1 Å². The largest absolute Gasteiger partial charge is 0.482 e. The molecule has 3 aromatic rings. The van der Waals surface area contributed by atoms with Crippen LogP contribution in [-0.4, -0.2) is 27.6 Å². The first kappa shape index (κ1) is 20.9. The molecule has 1 atom stereocenters. The molecule has 1 aliphatic heterocycles. The van der Waals surface area contributed by atoms with Gasteiger partial charge >= 0.3 is 0 Å². The van der Waals surface area contributed by atoms with E-state index in [9.17, 15) is 4.39 Å². The SMILES string of the molecule is CC(Oc1cc(-c2cn(C3CCNCC3)cn2)cnc1N)c1c(Cl)ccc(F)c1Cl. The van der Waals surface area contributed by atoms with Crippen LogP contribution in [0.2, 0.25) is 10.0 Å². The van der Waals surface area contributed by atoms with Crippen molar-refractivity contribution in [2.24, 2.45) is 0 Å². The summed E-state index contributed by atoms with van der Waals surface area (Å²) in [6.45, 7) is 3.73. The number of nitrogens with one attached hydrogen (secondary N) is 1. The van der Waals surface area contributed by atoms with E-state index in [1.807, 2.05) is 12.5 Å². The van der Waals surface area contributed by atoms with Gasteiger partial charge in [-0.3, -0.25) is 0 Å². The Hall–Kier alpha value is -2.35. The number of nitrogens with zero attached hydrogens (tertiary/aromatic N) is 3. The van der Waals surface area contributed by atoms with Gasteiger partial charge in [0.25, 0.3) is 0 Å². The number of nitrogen functional groups attached to an aromatic ring is 1. The second-order valence-electron chi connectivity index (χ2n) is 7.31. The topological polar surface area (TPSA) is 78.0 Å². The van der Waals surface area contributed by atoms with Crippen molar-refractivity contribution in [3.05, 3.63) is 58.3 Å². The van der Waals surface area contributed by atoms with Gasteiger partial charge in [0, 0.05) is 34.6 Å². The van der Waals surface area contributed by atoms with Crippen LogP contribution in [0.25, 0.3) is 11.3 Å². The maximum Gasteiger partial charge on any atom is 0.166 e. The summed E-state index contributed by atoms with van der Waals surface area (Å²) in [5.41, 5.74) is 7.92. The van der Waals surface area contributed by atoms with Gasteiger partial charge in [-0.15, -0.1) is 0 Å². The van der Waals surface area contributed by atoms with Gasteiger partial charge in [-0.1, -0.05) is 23.2 Å². The third kappa shape index (κ3) is 4.24. The number of hydrogen-bond acceptors (Lipinski definition) is 5. The number of hydrogen-bond donors (Lipinski definition) is 2. The zero-order valence-corrected chi connectivity index (χ0v) is 17.9. The molecule has 3 heterocycles. The molecule has 6 nitrogen and oxygen atoms in total. The molecule has 1 saturated heterocycles. The van der Waals surface area contributed by atoms with Gasteiger partial charge in [-0.2, -0.15) is 0 Å². The van der Waals surface area contributed by atoms with E-state index < -0.39 is 11.9 Å². The van der Waals surface area contributed by atoms with E-state index in [-0.39, 0.29) is 10.8 Å². The van der Waals surface area contributed by atoms with Crippen molar-refractivity contribution in [1.82, 2.24) is 19.9 Å². The monoisotopic (exact) mass is 449 g/mol. The lowest BCUT2D eigenvalue weighted by Crippen LogP contribution is -2.28. The van der Waals surface area contributed by atoms with Gasteiger partial charge in [0.05, 0.1) is 17.0 Å². The molecule has 4 rings (SSSR count). The zero-order valence-electron chi connectivity index (χ0n) is 16.4. The molecular formula is C21H22Cl2FN5O. The van der Waals surface area contributed by atoms with E-state index >= 15 is 0 Å². The molecule has 1 unspecified atom stereocenters. The Bertz CT molecular complexity index is 1050. The zero-order chi connectivity index (χ0) is 21.3. The van der Waals surface area contributed by atoms with E-state index in [2.05, 4.69) is 19.9 Å². The lowest BCUT2D eigenvalue weighted by atomic mass is 10.1. The molecule has 0 amide bonds. The minimum atomic E-state index is -0.632. The van der Waals surface area contributed by atoms with Crippen molar-refractivity contribution in [3.63, 3.8) is 0 Å². The Morgan fingerprint density at radius 2 is 2.03 bits per heavy atom. The minimum Gasteiger partial charge on any atom is -0.482 e. The summed E-state index contributed by atoms with van der Waals surface area (Å²) in [4.78, 5) is 8.76. The molecule has 0 spiro atoms. The third-order valence-corrected chi connectivity index (χ3v) is 6.01. The van der Waals surface area contributed by atoms with Crippen LogP contribution in [-0.2, 0) is 0 Å². The Morgan fingerprint density at radius 3 is 2.80 bits per heavy atom. The van der Waals surface area contributed by atoms with Crippen molar-refractivity contribution in [2.45, 2.75) is 31.9 Å². The second-order valence-corrected chi connectivity index (χ2v) is 8.10. The number of halogens is 3.